The Balaban J connectivity index is 1.54. The summed E-state index contributed by atoms with van der Waals surface area (Å²) in [5.41, 5.74) is 1.89. The maximum absolute atomic E-state index is 12.3. The van der Waals surface area contributed by atoms with E-state index in [0.717, 1.165) is 43.7 Å². The standard InChI is InChI=1S/C20H21NO4/c1-23-17-7-5-15(6-8-17)12-16-13-20(9-3-10-21(16)14-20)25-19(22)18-4-2-11-24-18/h2,4-8,11-12H,3,9-10,13-14H2,1H3/b16-12+. The first-order valence-electron chi connectivity index (χ1n) is 8.54. The van der Waals surface area contributed by atoms with E-state index in [4.69, 9.17) is 13.9 Å². The average Bonchev–Trinajstić information content (AvgIpc) is 3.23. The van der Waals surface area contributed by atoms with Crippen molar-refractivity contribution >= 4 is 12.0 Å². The lowest BCUT2D eigenvalue weighted by molar-refractivity contribution is -0.0296. The second kappa shape index (κ2) is 6.31. The van der Waals surface area contributed by atoms with E-state index in [0.29, 0.717) is 0 Å². The van der Waals surface area contributed by atoms with Gasteiger partial charge in [-0.1, -0.05) is 12.1 Å². The molecule has 130 valence electrons. The van der Waals surface area contributed by atoms with Gasteiger partial charge in [0, 0.05) is 18.7 Å². The molecule has 0 amide bonds. The first-order valence-corrected chi connectivity index (χ1v) is 8.54. The Morgan fingerprint density at radius 1 is 1.28 bits per heavy atom. The highest BCUT2D eigenvalue weighted by molar-refractivity contribution is 5.86. The van der Waals surface area contributed by atoms with Gasteiger partial charge in [0.05, 0.1) is 19.9 Å². The van der Waals surface area contributed by atoms with Gasteiger partial charge in [0.2, 0.25) is 5.76 Å². The molecular formula is C20H21NO4. The number of carbonyl (C=O) groups excluding carboxylic acids is 1. The van der Waals surface area contributed by atoms with Crippen molar-refractivity contribution in [3.8, 4) is 5.75 Å². The number of furan rings is 1. The van der Waals surface area contributed by atoms with Crippen LogP contribution in [0.15, 0.2) is 52.8 Å². The monoisotopic (exact) mass is 339 g/mol. The number of hydrogen-bond donors (Lipinski definition) is 0. The minimum atomic E-state index is -0.444. The van der Waals surface area contributed by atoms with Crippen molar-refractivity contribution in [2.75, 3.05) is 20.2 Å². The Morgan fingerprint density at radius 2 is 2.12 bits per heavy atom. The summed E-state index contributed by atoms with van der Waals surface area (Å²) < 4.78 is 16.3. The Morgan fingerprint density at radius 3 is 2.84 bits per heavy atom. The zero-order valence-electron chi connectivity index (χ0n) is 14.2. The molecule has 5 nitrogen and oxygen atoms in total. The van der Waals surface area contributed by atoms with Gasteiger partial charge in [0.25, 0.3) is 0 Å². The average molecular weight is 339 g/mol. The van der Waals surface area contributed by atoms with E-state index in [1.807, 2.05) is 24.3 Å². The number of fused-ring (bicyclic) bond motifs is 2. The summed E-state index contributed by atoms with van der Waals surface area (Å²) >= 11 is 0. The summed E-state index contributed by atoms with van der Waals surface area (Å²) in [4.78, 5) is 14.6. The number of ether oxygens (including phenoxy) is 2. The summed E-state index contributed by atoms with van der Waals surface area (Å²) in [5.74, 6) is 0.730. The minimum absolute atomic E-state index is 0.263. The molecule has 0 aliphatic carbocycles. The number of benzene rings is 1. The zero-order chi connectivity index (χ0) is 17.3. The molecule has 2 aromatic rings. The number of rotatable bonds is 4. The summed E-state index contributed by atoms with van der Waals surface area (Å²) in [6.07, 6.45) is 6.31. The molecule has 2 aliphatic heterocycles. The van der Waals surface area contributed by atoms with Crippen molar-refractivity contribution < 1.29 is 18.7 Å². The molecule has 1 atom stereocenters. The van der Waals surface area contributed by atoms with Crippen LogP contribution >= 0.6 is 0 Å². The first kappa shape index (κ1) is 15.8. The molecule has 2 aliphatic rings. The molecule has 0 N–H and O–H groups in total. The number of nitrogens with zero attached hydrogens (tertiary/aromatic N) is 1. The van der Waals surface area contributed by atoms with Crippen molar-refractivity contribution in [1.82, 2.24) is 4.90 Å². The second-order valence-electron chi connectivity index (χ2n) is 6.66. The fraction of sp³-hybridized carbons (Fsp3) is 0.350. The summed E-state index contributed by atoms with van der Waals surface area (Å²) in [6.45, 7) is 1.75. The molecular weight excluding hydrogens is 318 g/mol. The van der Waals surface area contributed by atoms with E-state index in [1.165, 1.54) is 12.0 Å². The topological polar surface area (TPSA) is 51.9 Å². The molecule has 4 rings (SSSR count). The van der Waals surface area contributed by atoms with Crippen LogP contribution in [-0.4, -0.2) is 36.7 Å². The quantitative estimate of drug-likeness (QED) is 0.795. The molecule has 0 saturated carbocycles. The van der Waals surface area contributed by atoms with Crippen LogP contribution in [0.3, 0.4) is 0 Å². The molecule has 1 aromatic carbocycles. The highest BCUT2D eigenvalue weighted by Crippen LogP contribution is 2.41. The van der Waals surface area contributed by atoms with Crippen molar-refractivity contribution in [2.45, 2.75) is 24.9 Å². The van der Waals surface area contributed by atoms with Crippen LogP contribution < -0.4 is 4.74 Å². The molecule has 2 saturated heterocycles. The van der Waals surface area contributed by atoms with Crippen LogP contribution in [0.25, 0.3) is 6.08 Å². The number of esters is 1. The summed E-state index contributed by atoms with van der Waals surface area (Å²) in [5, 5.41) is 0. The van der Waals surface area contributed by atoms with E-state index < -0.39 is 5.60 Å². The van der Waals surface area contributed by atoms with Crippen LogP contribution in [0.4, 0.5) is 0 Å². The molecule has 5 heteroatoms. The van der Waals surface area contributed by atoms with E-state index in [1.54, 1.807) is 19.2 Å². The lowest BCUT2D eigenvalue weighted by Crippen LogP contribution is -2.42. The van der Waals surface area contributed by atoms with Crippen molar-refractivity contribution in [3.63, 3.8) is 0 Å². The third-order valence-electron chi connectivity index (χ3n) is 4.93. The molecule has 0 radical (unpaired) electrons. The maximum atomic E-state index is 12.3. The Hall–Kier alpha value is -2.69. The molecule has 3 heterocycles. The van der Waals surface area contributed by atoms with E-state index >= 15 is 0 Å². The third kappa shape index (κ3) is 3.14. The maximum Gasteiger partial charge on any atom is 0.374 e. The smallest absolute Gasteiger partial charge is 0.374 e. The van der Waals surface area contributed by atoms with Crippen LogP contribution in [-0.2, 0) is 4.74 Å². The van der Waals surface area contributed by atoms with Crippen LogP contribution in [0.2, 0.25) is 0 Å². The Bertz CT molecular complexity index is 779. The van der Waals surface area contributed by atoms with Gasteiger partial charge in [0.15, 0.2) is 0 Å². The van der Waals surface area contributed by atoms with Crippen LogP contribution in [0.1, 0.15) is 35.4 Å². The normalized spacial score (nSPS) is 23.7. The molecule has 25 heavy (non-hydrogen) atoms. The van der Waals surface area contributed by atoms with Gasteiger partial charge in [-0.2, -0.15) is 0 Å². The van der Waals surface area contributed by atoms with E-state index in [-0.39, 0.29) is 11.7 Å². The number of carbonyl (C=O) groups is 1. The Kier molecular flexibility index (Phi) is 3.99. The fourth-order valence-electron chi connectivity index (χ4n) is 3.73. The van der Waals surface area contributed by atoms with Crippen molar-refractivity contribution in [1.29, 1.82) is 0 Å². The molecule has 0 spiro atoms. The highest BCUT2D eigenvalue weighted by atomic mass is 16.6. The summed E-state index contributed by atoms with van der Waals surface area (Å²) in [7, 11) is 1.66. The predicted octanol–water partition coefficient (Wildman–Crippen LogP) is 3.72. The Labute approximate surface area is 146 Å². The second-order valence-corrected chi connectivity index (χ2v) is 6.66. The number of piperidine rings is 1. The minimum Gasteiger partial charge on any atom is -0.497 e. The van der Waals surface area contributed by atoms with Crippen molar-refractivity contribution in [2.24, 2.45) is 0 Å². The zero-order valence-corrected chi connectivity index (χ0v) is 14.2. The predicted molar refractivity (Wildman–Crippen MR) is 93.2 cm³/mol. The molecule has 2 bridgehead atoms. The lowest BCUT2D eigenvalue weighted by atomic mass is 9.94. The van der Waals surface area contributed by atoms with Crippen LogP contribution in [0.5, 0.6) is 5.75 Å². The highest BCUT2D eigenvalue weighted by Gasteiger charge is 2.46. The van der Waals surface area contributed by atoms with Gasteiger partial charge in [-0.3, -0.25) is 0 Å². The molecule has 2 fully saturated rings. The lowest BCUT2D eigenvalue weighted by Gasteiger charge is -2.33. The third-order valence-corrected chi connectivity index (χ3v) is 4.93. The van der Waals surface area contributed by atoms with E-state index in [9.17, 15) is 4.79 Å². The largest absolute Gasteiger partial charge is 0.497 e. The summed E-state index contributed by atoms with van der Waals surface area (Å²) in [6, 6.07) is 11.3. The van der Waals surface area contributed by atoms with Gasteiger partial charge in [0.1, 0.15) is 11.4 Å². The van der Waals surface area contributed by atoms with Gasteiger partial charge < -0.3 is 18.8 Å². The molecule has 1 aromatic heterocycles. The SMILES string of the molecule is COc1ccc(/C=C2\CC3(OC(=O)c4ccco4)CCCN2C3)cc1. The molecule has 1 unspecified atom stereocenters. The van der Waals surface area contributed by atoms with Crippen molar-refractivity contribution in [3.05, 3.63) is 59.7 Å². The van der Waals surface area contributed by atoms with Gasteiger partial charge >= 0.3 is 5.97 Å². The van der Waals surface area contributed by atoms with Crippen LogP contribution in [0, 0.1) is 0 Å². The van der Waals surface area contributed by atoms with Gasteiger partial charge in [-0.05, 0) is 48.7 Å². The van der Waals surface area contributed by atoms with Gasteiger partial charge in [-0.15, -0.1) is 0 Å². The fourth-order valence-corrected chi connectivity index (χ4v) is 3.73. The van der Waals surface area contributed by atoms with E-state index in [2.05, 4.69) is 11.0 Å². The number of methoxy groups -OCH3 is 1. The number of hydrogen-bond acceptors (Lipinski definition) is 5. The first-order chi connectivity index (χ1) is 12.2. The van der Waals surface area contributed by atoms with Gasteiger partial charge in [-0.25, -0.2) is 4.79 Å².